The third-order valence-electron chi connectivity index (χ3n) is 3.82. The first kappa shape index (κ1) is 14.0. The Morgan fingerprint density at radius 1 is 1.37 bits per heavy atom. The van der Waals surface area contributed by atoms with Crippen LogP contribution >= 0.6 is 0 Å². The number of carbonyl (C=O) groups is 1. The maximum Gasteiger partial charge on any atom is 0.230 e. The van der Waals surface area contributed by atoms with E-state index in [1.54, 1.807) is 12.1 Å². The molecule has 0 saturated heterocycles. The molecule has 2 N–H and O–H groups in total. The Labute approximate surface area is 112 Å². The Balaban J connectivity index is 2.00. The lowest BCUT2D eigenvalue weighted by atomic mass is 9.94. The van der Waals surface area contributed by atoms with Crippen molar-refractivity contribution in [3.8, 4) is 0 Å². The predicted molar refractivity (Wildman–Crippen MR) is 71.2 cm³/mol. The van der Waals surface area contributed by atoms with Crippen molar-refractivity contribution in [2.45, 2.75) is 38.2 Å². The second kappa shape index (κ2) is 5.29. The molecule has 1 unspecified atom stereocenters. The van der Waals surface area contributed by atoms with Gasteiger partial charge in [0.25, 0.3) is 0 Å². The summed E-state index contributed by atoms with van der Waals surface area (Å²) in [5.41, 5.74) is 0.343. The minimum Gasteiger partial charge on any atom is -0.391 e. The third-order valence-corrected chi connectivity index (χ3v) is 3.82. The summed E-state index contributed by atoms with van der Waals surface area (Å²) >= 11 is 0. The lowest BCUT2D eigenvalue weighted by Crippen LogP contribution is -2.40. The highest BCUT2D eigenvalue weighted by atomic mass is 19.1. The van der Waals surface area contributed by atoms with Crippen LogP contribution in [0, 0.1) is 11.7 Å². The van der Waals surface area contributed by atoms with Crippen LogP contribution in [0.4, 0.5) is 4.39 Å². The number of aliphatic hydroxyl groups excluding tert-OH is 1. The number of hydrogen-bond donors (Lipinski definition) is 2. The highest BCUT2D eigenvalue weighted by Gasteiger charge is 2.51. The van der Waals surface area contributed by atoms with E-state index in [0.29, 0.717) is 0 Å². The zero-order valence-corrected chi connectivity index (χ0v) is 11.3. The molecule has 0 bridgehead atoms. The van der Waals surface area contributed by atoms with Crippen LogP contribution in [-0.2, 0) is 10.2 Å². The molecule has 0 aliphatic heterocycles. The Bertz CT molecular complexity index is 452. The first-order valence-corrected chi connectivity index (χ1v) is 6.68. The van der Waals surface area contributed by atoms with Crippen LogP contribution in [0.3, 0.4) is 0 Å². The fraction of sp³-hybridized carbons (Fsp3) is 0.533. The van der Waals surface area contributed by atoms with Crippen molar-refractivity contribution in [3.63, 3.8) is 0 Å². The molecule has 1 aliphatic carbocycles. The van der Waals surface area contributed by atoms with Crippen LogP contribution in [0.5, 0.6) is 0 Å². The fourth-order valence-electron chi connectivity index (χ4n) is 2.14. The molecule has 0 heterocycles. The highest BCUT2D eigenvalue weighted by Crippen LogP contribution is 2.48. The minimum atomic E-state index is -0.534. The van der Waals surface area contributed by atoms with Crippen molar-refractivity contribution < 1.29 is 14.3 Å². The molecule has 4 heteroatoms. The van der Waals surface area contributed by atoms with Gasteiger partial charge in [0, 0.05) is 6.54 Å². The fourth-order valence-corrected chi connectivity index (χ4v) is 2.14. The molecule has 1 aromatic carbocycles. The first-order valence-electron chi connectivity index (χ1n) is 6.68. The molecule has 1 atom stereocenters. The summed E-state index contributed by atoms with van der Waals surface area (Å²) in [6.45, 7) is 4.08. The lowest BCUT2D eigenvalue weighted by molar-refractivity contribution is -0.124. The van der Waals surface area contributed by atoms with Crippen LogP contribution in [-0.4, -0.2) is 23.7 Å². The smallest absolute Gasteiger partial charge is 0.230 e. The number of amides is 1. The van der Waals surface area contributed by atoms with E-state index in [0.717, 1.165) is 18.4 Å². The Morgan fingerprint density at radius 2 is 1.95 bits per heavy atom. The summed E-state index contributed by atoms with van der Waals surface area (Å²) < 4.78 is 12.9. The second-order valence-electron chi connectivity index (χ2n) is 5.61. The molecule has 3 nitrogen and oxygen atoms in total. The number of carbonyl (C=O) groups excluding carboxylic acids is 1. The monoisotopic (exact) mass is 265 g/mol. The van der Waals surface area contributed by atoms with E-state index in [1.165, 1.54) is 12.1 Å². The number of hydrogen-bond acceptors (Lipinski definition) is 2. The van der Waals surface area contributed by atoms with Gasteiger partial charge in [-0.2, -0.15) is 0 Å². The van der Waals surface area contributed by atoms with Crippen LogP contribution in [0.2, 0.25) is 0 Å². The number of halogens is 1. The maximum atomic E-state index is 12.9. The molecule has 0 spiro atoms. The quantitative estimate of drug-likeness (QED) is 0.855. The van der Waals surface area contributed by atoms with Gasteiger partial charge in [0.05, 0.1) is 11.5 Å². The zero-order chi connectivity index (χ0) is 14.0. The van der Waals surface area contributed by atoms with Gasteiger partial charge in [-0.3, -0.25) is 4.79 Å². The van der Waals surface area contributed by atoms with E-state index in [9.17, 15) is 14.3 Å². The summed E-state index contributed by atoms with van der Waals surface area (Å²) in [5, 5.41) is 12.5. The largest absolute Gasteiger partial charge is 0.391 e. The van der Waals surface area contributed by atoms with Crippen LogP contribution in [0.1, 0.15) is 32.3 Å². The topological polar surface area (TPSA) is 49.3 Å². The standard InChI is InChI=1S/C15H20FNO2/c1-10(2)13(18)9-17-14(19)15(7-8-15)11-3-5-12(16)6-4-11/h3-6,10,13,18H,7-9H2,1-2H3,(H,17,19). The molecule has 19 heavy (non-hydrogen) atoms. The van der Waals surface area contributed by atoms with Crippen molar-refractivity contribution in [2.24, 2.45) is 5.92 Å². The van der Waals surface area contributed by atoms with Gasteiger partial charge in [-0.05, 0) is 36.5 Å². The van der Waals surface area contributed by atoms with Crippen LogP contribution in [0.25, 0.3) is 0 Å². The average Bonchev–Trinajstić information content (AvgIpc) is 3.17. The van der Waals surface area contributed by atoms with Gasteiger partial charge in [0.15, 0.2) is 0 Å². The molecule has 1 aliphatic rings. The van der Waals surface area contributed by atoms with Gasteiger partial charge in [-0.15, -0.1) is 0 Å². The Kier molecular flexibility index (Phi) is 3.90. The average molecular weight is 265 g/mol. The molecule has 1 saturated carbocycles. The summed E-state index contributed by atoms with van der Waals surface area (Å²) in [6.07, 6.45) is 1.03. The summed E-state index contributed by atoms with van der Waals surface area (Å²) in [7, 11) is 0. The van der Waals surface area contributed by atoms with Gasteiger partial charge in [0.2, 0.25) is 5.91 Å². The van der Waals surface area contributed by atoms with Gasteiger partial charge in [-0.25, -0.2) is 4.39 Å². The zero-order valence-electron chi connectivity index (χ0n) is 11.3. The molecular weight excluding hydrogens is 245 g/mol. The number of aliphatic hydroxyl groups is 1. The van der Waals surface area contributed by atoms with Gasteiger partial charge in [0.1, 0.15) is 5.82 Å². The molecule has 0 aromatic heterocycles. The van der Waals surface area contributed by atoms with Gasteiger partial charge < -0.3 is 10.4 Å². The second-order valence-corrected chi connectivity index (χ2v) is 5.61. The Morgan fingerprint density at radius 3 is 2.42 bits per heavy atom. The molecule has 1 amide bonds. The SMILES string of the molecule is CC(C)C(O)CNC(=O)C1(c2ccc(F)cc2)CC1. The van der Waals surface area contributed by atoms with Crippen LogP contribution < -0.4 is 5.32 Å². The van der Waals surface area contributed by atoms with Crippen molar-refractivity contribution in [1.82, 2.24) is 5.32 Å². The molecule has 2 rings (SSSR count). The van der Waals surface area contributed by atoms with Crippen molar-refractivity contribution in [3.05, 3.63) is 35.6 Å². The first-order chi connectivity index (χ1) is 8.95. The molecule has 104 valence electrons. The number of benzene rings is 1. The predicted octanol–water partition coefficient (Wildman–Crippen LogP) is 1.99. The van der Waals surface area contributed by atoms with Gasteiger partial charge in [-0.1, -0.05) is 26.0 Å². The van der Waals surface area contributed by atoms with E-state index < -0.39 is 11.5 Å². The summed E-state index contributed by atoms with van der Waals surface area (Å²) in [4.78, 5) is 12.2. The van der Waals surface area contributed by atoms with E-state index in [1.807, 2.05) is 13.8 Å². The van der Waals surface area contributed by atoms with Crippen molar-refractivity contribution in [2.75, 3.05) is 6.54 Å². The van der Waals surface area contributed by atoms with Crippen molar-refractivity contribution in [1.29, 1.82) is 0 Å². The van der Waals surface area contributed by atoms with Crippen LogP contribution in [0.15, 0.2) is 24.3 Å². The molecule has 1 fully saturated rings. The third kappa shape index (κ3) is 2.95. The molecule has 1 aromatic rings. The highest BCUT2D eigenvalue weighted by molar-refractivity contribution is 5.91. The molecular formula is C15H20FNO2. The van der Waals surface area contributed by atoms with Crippen molar-refractivity contribution >= 4 is 5.91 Å². The summed E-state index contributed by atoms with van der Waals surface area (Å²) in [6, 6.07) is 6.10. The summed E-state index contributed by atoms with van der Waals surface area (Å²) in [5.74, 6) is -0.254. The van der Waals surface area contributed by atoms with E-state index >= 15 is 0 Å². The Hall–Kier alpha value is -1.42. The van der Waals surface area contributed by atoms with E-state index in [2.05, 4.69) is 5.32 Å². The van der Waals surface area contributed by atoms with E-state index in [-0.39, 0.29) is 24.2 Å². The van der Waals surface area contributed by atoms with E-state index in [4.69, 9.17) is 0 Å². The minimum absolute atomic E-state index is 0.0705. The normalized spacial score (nSPS) is 18.2. The maximum absolute atomic E-state index is 12.9. The van der Waals surface area contributed by atoms with Gasteiger partial charge >= 0.3 is 0 Å². The lowest BCUT2D eigenvalue weighted by Gasteiger charge is -2.19. The number of nitrogens with one attached hydrogen (secondary N) is 1. The molecule has 0 radical (unpaired) electrons. The number of rotatable bonds is 5.